The van der Waals surface area contributed by atoms with E-state index in [0.29, 0.717) is 0 Å². The molecule has 1 rings (SSSR count). The molecule has 4 heteroatoms. The van der Waals surface area contributed by atoms with Crippen LogP contribution in [0.5, 0.6) is 0 Å². The maximum atomic E-state index is 11.1. The van der Waals surface area contributed by atoms with E-state index in [9.17, 15) is 4.79 Å². The summed E-state index contributed by atoms with van der Waals surface area (Å²) < 4.78 is 1.22. The monoisotopic (exact) mass is 177 g/mol. The van der Waals surface area contributed by atoms with Crippen molar-refractivity contribution in [2.24, 2.45) is 5.92 Å². The van der Waals surface area contributed by atoms with Crippen molar-refractivity contribution in [3.8, 4) is 12.0 Å². The Labute approximate surface area is 76.4 Å². The van der Waals surface area contributed by atoms with Gasteiger partial charge in [0.05, 0.1) is 0 Å². The van der Waals surface area contributed by atoms with Crippen LogP contribution in [-0.4, -0.2) is 9.55 Å². The molecular formula is C9H11N3O. The van der Waals surface area contributed by atoms with Gasteiger partial charge in [0.15, 0.2) is 0 Å². The van der Waals surface area contributed by atoms with Gasteiger partial charge in [-0.3, -0.25) is 0 Å². The maximum absolute atomic E-state index is 11.1. The molecule has 1 heterocycles. The van der Waals surface area contributed by atoms with Gasteiger partial charge in [-0.2, -0.15) is 4.98 Å². The number of hydrogen-bond donors (Lipinski definition) is 1. The molecule has 2 N–H and O–H groups in total. The van der Waals surface area contributed by atoms with Crippen molar-refractivity contribution < 1.29 is 0 Å². The predicted octanol–water partition coefficient (Wildman–Crippen LogP) is 0.291. The number of aromatic nitrogens is 2. The van der Waals surface area contributed by atoms with Gasteiger partial charge < -0.3 is 5.73 Å². The summed E-state index contributed by atoms with van der Waals surface area (Å²) in [6.45, 7) is 3.89. The van der Waals surface area contributed by atoms with Crippen molar-refractivity contribution in [1.82, 2.24) is 9.55 Å². The molecule has 0 saturated heterocycles. The third-order valence-corrected chi connectivity index (χ3v) is 1.30. The lowest BCUT2D eigenvalue weighted by atomic mass is 10.2. The van der Waals surface area contributed by atoms with Crippen molar-refractivity contribution in [2.45, 2.75) is 13.8 Å². The van der Waals surface area contributed by atoms with Gasteiger partial charge in [0.1, 0.15) is 5.82 Å². The van der Waals surface area contributed by atoms with Crippen LogP contribution >= 0.6 is 0 Å². The summed E-state index contributed by atoms with van der Waals surface area (Å²) in [5, 5.41) is 0. The second-order valence-corrected chi connectivity index (χ2v) is 2.92. The summed E-state index contributed by atoms with van der Waals surface area (Å²) in [6.07, 6.45) is 1.51. The van der Waals surface area contributed by atoms with Crippen LogP contribution in [0.25, 0.3) is 0 Å². The summed E-state index contributed by atoms with van der Waals surface area (Å²) >= 11 is 0. The summed E-state index contributed by atoms with van der Waals surface area (Å²) in [7, 11) is 0. The molecular weight excluding hydrogens is 166 g/mol. The smallest absolute Gasteiger partial charge is 0.361 e. The zero-order valence-corrected chi connectivity index (χ0v) is 7.61. The molecule has 1 aromatic rings. The van der Waals surface area contributed by atoms with Gasteiger partial charge in [0, 0.05) is 18.2 Å². The number of nitrogen functional groups attached to an aromatic ring is 1. The Morgan fingerprint density at radius 3 is 2.85 bits per heavy atom. The van der Waals surface area contributed by atoms with E-state index in [-0.39, 0.29) is 11.7 Å². The van der Waals surface area contributed by atoms with Gasteiger partial charge in [-0.25, -0.2) is 9.36 Å². The molecule has 0 amide bonds. The molecule has 4 nitrogen and oxygen atoms in total. The van der Waals surface area contributed by atoms with Gasteiger partial charge in [-0.15, -0.1) is 0 Å². The third-order valence-electron chi connectivity index (χ3n) is 1.30. The molecule has 0 spiro atoms. The largest absolute Gasteiger partial charge is 0.383 e. The van der Waals surface area contributed by atoms with E-state index in [1.807, 2.05) is 13.8 Å². The van der Waals surface area contributed by atoms with Crippen molar-refractivity contribution in [1.29, 1.82) is 0 Å². The average molecular weight is 177 g/mol. The van der Waals surface area contributed by atoms with Crippen LogP contribution in [0.3, 0.4) is 0 Å². The second kappa shape index (κ2) is 3.76. The quantitative estimate of drug-likeness (QED) is 0.579. The molecule has 0 radical (unpaired) electrons. The summed E-state index contributed by atoms with van der Waals surface area (Å²) in [5.41, 5.74) is 4.87. The van der Waals surface area contributed by atoms with E-state index >= 15 is 0 Å². The standard InChI is InChI=1S/C9H11N3O/c1-7(2)3-5-12-6-4-8(10)11-9(12)13/h4,6-7H,1-2H3,(H2,10,11,13). The summed E-state index contributed by atoms with van der Waals surface area (Å²) in [4.78, 5) is 14.7. The SMILES string of the molecule is CC(C)C#Cn1ccc(N)nc1=O. The molecule has 1 aromatic heterocycles. The third kappa shape index (κ3) is 2.64. The Hall–Kier alpha value is -1.76. The van der Waals surface area contributed by atoms with Gasteiger partial charge in [-0.1, -0.05) is 19.8 Å². The zero-order chi connectivity index (χ0) is 9.84. The molecule has 0 aliphatic rings. The highest BCUT2D eigenvalue weighted by atomic mass is 16.1. The Morgan fingerprint density at radius 1 is 1.62 bits per heavy atom. The van der Waals surface area contributed by atoms with Crippen molar-refractivity contribution >= 4 is 5.82 Å². The fraction of sp³-hybridized carbons (Fsp3) is 0.333. The van der Waals surface area contributed by atoms with Gasteiger partial charge in [0.25, 0.3) is 0 Å². The minimum Gasteiger partial charge on any atom is -0.383 e. The first-order valence-electron chi connectivity index (χ1n) is 3.96. The number of anilines is 1. The van der Waals surface area contributed by atoms with Crippen LogP contribution in [0.2, 0.25) is 0 Å². The minimum absolute atomic E-state index is 0.215. The predicted molar refractivity (Wildman–Crippen MR) is 50.9 cm³/mol. The van der Waals surface area contributed by atoms with Crippen LogP contribution < -0.4 is 11.4 Å². The Kier molecular flexibility index (Phi) is 2.70. The van der Waals surface area contributed by atoms with Crippen LogP contribution in [0, 0.1) is 17.9 Å². The normalized spacial score (nSPS) is 9.46. The zero-order valence-electron chi connectivity index (χ0n) is 7.61. The lowest BCUT2D eigenvalue weighted by Crippen LogP contribution is -2.20. The molecule has 0 aliphatic carbocycles. The lowest BCUT2D eigenvalue weighted by Gasteiger charge is -1.94. The van der Waals surface area contributed by atoms with E-state index in [2.05, 4.69) is 16.9 Å². The van der Waals surface area contributed by atoms with E-state index in [0.717, 1.165) is 0 Å². The van der Waals surface area contributed by atoms with Crippen molar-refractivity contribution in [2.75, 3.05) is 5.73 Å². The molecule has 0 aliphatic heterocycles. The molecule has 0 fully saturated rings. The summed E-state index contributed by atoms with van der Waals surface area (Å²) in [5.74, 6) is 3.30. The van der Waals surface area contributed by atoms with E-state index < -0.39 is 5.69 Å². The molecule has 13 heavy (non-hydrogen) atoms. The second-order valence-electron chi connectivity index (χ2n) is 2.92. The maximum Gasteiger partial charge on any atom is 0.361 e. The number of nitrogens with zero attached hydrogens (tertiary/aromatic N) is 2. The van der Waals surface area contributed by atoms with Crippen LogP contribution in [0.4, 0.5) is 5.82 Å². The molecule has 0 aromatic carbocycles. The lowest BCUT2D eigenvalue weighted by molar-refractivity contribution is 0.857. The number of hydrogen-bond acceptors (Lipinski definition) is 3. The topological polar surface area (TPSA) is 60.9 Å². The van der Waals surface area contributed by atoms with Crippen LogP contribution in [-0.2, 0) is 0 Å². The van der Waals surface area contributed by atoms with Crippen molar-refractivity contribution in [3.63, 3.8) is 0 Å². The molecule has 0 bridgehead atoms. The number of nitrogens with two attached hydrogens (primary N) is 1. The van der Waals surface area contributed by atoms with E-state index in [1.54, 1.807) is 0 Å². The molecule has 0 atom stereocenters. The first-order valence-corrected chi connectivity index (χ1v) is 3.96. The Balaban J connectivity index is 3.06. The molecule has 0 saturated carbocycles. The van der Waals surface area contributed by atoms with E-state index in [1.165, 1.54) is 16.8 Å². The Bertz CT molecular complexity index is 409. The van der Waals surface area contributed by atoms with Gasteiger partial charge in [0.2, 0.25) is 0 Å². The average Bonchev–Trinajstić information content (AvgIpc) is 2.02. The van der Waals surface area contributed by atoms with Crippen LogP contribution in [0.15, 0.2) is 17.1 Å². The van der Waals surface area contributed by atoms with Crippen molar-refractivity contribution in [3.05, 3.63) is 22.7 Å². The highest BCUT2D eigenvalue weighted by Crippen LogP contribution is 1.89. The minimum atomic E-state index is -0.437. The fourth-order valence-corrected chi connectivity index (χ4v) is 0.700. The fourth-order valence-electron chi connectivity index (χ4n) is 0.700. The van der Waals surface area contributed by atoms with Crippen LogP contribution in [0.1, 0.15) is 13.8 Å². The number of rotatable bonds is 0. The molecule has 0 unspecified atom stereocenters. The first-order chi connectivity index (χ1) is 6.09. The van der Waals surface area contributed by atoms with Gasteiger partial charge in [-0.05, 0) is 6.07 Å². The van der Waals surface area contributed by atoms with E-state index in [4.69, 9.17) is 5.73 Å². The molecule has 68 valence electrons. The Morgan fingerprint density at radius 2 is 2.31 bits per heavy atom. The van der Waals surface area contributed by atoms with Gasteiger partial charge >= 0.3 is 5.69 Å². The highest BCUT2D eigenvalue weighted by molar-refractivity contribution is 5.24. The summed E-state index contributed by atoms with van der Waals surface area (Å²) in [6, 6.07) is 4.21. The first kappa shape index (κ1) is 9.33. The highest BCUT2D eigenvalue weighted by Gasteiger charge is 1.92.